The number of rotatable bonds is 1. The van der Waals surface area contributed by atoms with Crippen molar-refractivity contribution in [2.75, 3.05) is 19.1 Å². The number of fused-ring (bicyclic) bond motifs is 1. The Labute approximate surface area is 95.9 Å². The number of cyclic esters (lactones) is 1. The average molecular weight is 272 g/mol. The van der Waals surface area contributed by atoms with Gasteiger partial charge in [0.2, 0.25) is 0 Å². The molecule has 4 nitrogen and oxygen atoms in total. The lowest BCUT2D eigenvalue weighted by atomic mass is 10.1. The van der Waals surface area contributed by atoms with E-state index in [1.807, 2.05) is 12.1 Å². The van der Waals surface area contributed by atoms with Gasteiger partial charge in [0.25, 0.3) is 0 Å². The number of halogens is 1. The standard InChI is InChI=1S/C10H10BrNO3/c1-12-8-4-9(14-2)7(11)3-6(8)5-15-10(12)13/h3-4H,5H2,1-2H3. The lowest BCUT2D eigenvalue weighted by Crippen LogP contribution is -2.31. The van der Waals surface area contributed by atoms with Gasteiger partial charge in [0, 0.05) is 18.7 Å². The summed E-state index contributed by atoms with van der Waals surface area (Å²) in [5.74, 6) is 0.704. The quantitative estimate of drug-likeness (QED) is 0.788. The zero-order chi connectivity index (χ0) is 11.0. The van der Waals surface area contributed by atoms with E-state index in [0.717, 1.165) is 15.7 Å². The molecule has 0 saturated carbocycles. The molecule has 0 fully saturated rings. The van der Waals surface area contributed by atoms with Crippen molar-refractivity contribution in [1.82, 2.24) is 0 Å². The molecule has 0 spiro atoms. The van der Waals surface area contributed by atoms with Crippen LogP contribution < -0.4 is 9.64 Å². The number of anilines is 1. The third kappa shape index (κ3) is 1.67. The second-order valence-corrected chi connectivity index (χ2v) is 4.08. The molecule has 1 heterocycles. The zero-order valence-electron chi connectivity index (χ0n) is 8.41. The van der Waals surface area contributed by atoms with Gasteiger partial charge in [0.15, 0.2) is 0 Å². The van der Waals surface area contributed by atoms with Gasteiger partial charge in [-0.2, -0.15) is 0 Å². The minimum absolute atomic E-state index is 0.307. The Bertz CT molecular complexity index is 419. The first-order valence-corrected chi connectivity index (χ1v) is 5.19. The van der Waals surface area contributed by atoms with Crippen molar-refractivity contribution >= 4 is 27.7 Å². The Morgan fingerprint density at radius 3 is 2.93 bits per heavy atom. The maximum Gasteiger partial charge on any atom is 0.414 e. The highest BCUT2D eigenvalue weighted by Crippen LogP contribution is 2.35. The highest BCUT2D eigenvalue weighted by Gasteiger charge is 2.23. The first-order valence-electron chi connectivity index (χ1n) is 4.40. The Morgan fingerprint density at radius 2 is 2.27 bits per heavy atom. The highest BCUT2D eigenvalue weighted by atomic mass is 79.9. The Hall–Kier alpha value is -1.23. The molecule has 0 N–H and O–H groups in total. The number of carbonyl (C=O) groups is 1. The van der Waals surface area contributed by atoms with Crippen LogP contribution in [0.25, 0.3) is 0 Å². The molecule has 2 rings (SSSR count). The molecular weight excluding hydrogens is 262 g/mol. The number of benzene rings is 1. The second kappa shape index (κ2) is 3.73. The molecule has 0 unspecified atom stereocenters. The van der Waals surface area contributed by atoms with Gasteiger partial charge in [-0.25, -0.2) is 4.79 Å². The van der Waals surface area contributed by atoms with Crippen molar-refractivity contribution in [1.29, 1.82) is 0 Å². The predicted molar refractivity (Wildman–Crippen MR) is 59.3 cm³/mol. The fourth-order valence-corrected chi connectivity index (χ4v) is 2.06. The number of hydrogen-bond acceptors (Lipinski definition) is 3. The molecular formula is C10H10BrNO3. The van der Waals surface area contributed by atoms with Crippen molar-refractivity contribution in [2.45, 2.75) is 6.61 Å². The molecule has 1 amide bonds. The summed E-state index contributed by atoms with van der Waals surface area (Å²) in [4.78, 5) is 12.8. The van der Waals surface area contributed by atoms with Gasteiger partial charge in [0.1, 0.15) is 12.4 Å². The summed E-state index contributed by atoms with van der Waals surface area (Å²) >= 11 is 3.39. The molecule has 1 aliphatic heterocycles. The van der Waals surface area contributed by atoms with Crippen LogP contribution in [-0.4, -0.2) is 20.3 Å². The van der Waals surface area contributed by atoms with E-state index in [0.29, 0.717) is 12.4 Å². The van der Waals surface area contributed by atoms with Gasteiger partial charge in [-0.05, 0) is 22.0 Å². The molecule has 5 heteroatoms. The number of ether oxygens (including phenoxy) is 2. The molecule has 1 aromatic rings. The topological polar surface area (TPSA) is 38.8 Å². The summed E-state index contributed by atoms with van der Waals surface area (Å²) in [6.45, 7) is 0.307. The normalized spacial score (nSPS) is 14.6. The van der Waals surface area contributed by atoms with Crippen LogP contribution in [0.1, 0.15) is 5.56 Å². The second-order valence-electron chi connectivity index (χ2n) is 3.23. The van der Waals surface area contributed by atoms with Crippen molar-refractivity contribution in [2.24, 2.45) is 0 Å². The van der Waals surface area contributed by atoms with Gasteiger partial charge >= 0.3 is 6.09 Å². The third-order valence-electron chi connectivity index (χ3n) is 2.34. The van der Waals surface area contributed by atoms with Gasteiger partial charge in [-0.3, -0.25) is 4.90 Å². The molecule has 0 bridgehead atoms. The van der Waals surface area contributed by atoms with E-state index in [-0.39, 0.29) is 6.09 Å². The van der Waals surface area contributed by atoms with Crippen LogP contribution in [0.4, 0.5) is 10.5 Å². The third-order valence-corrected chi connectivity index (χ3v) is 2.96. The summed E-state index contributed by atoms with van der Waals surface area (Å²) in [5.41, 5.74) is 1.79. The molecule has 1 aromatic carbocycles. The van der Waals surface area contributed by atoms with Crippen molar-refractivity contribution < 1.29 is 14.3 Å². The number of carbonyl (C=O) groups excluding carboxylic acids is 1. The van der Waals surface area contributed by atoms with Crippen molar-refractivity contribution in [3.63, 3.8) is 0 Å². The molecule has 0 radical (unpaired) electrons. The monoisotopic (exact) mass is 271 g/mol. The minimum atomic E-state index is -0.341. The molecule has 15 heavy (non-hydrogen) atoms. The summed E-state index contributed by atoms with van der Waals surface area (Å²) in [6, 6.07) is 3.72. The van der Waals surface area contributed by atoms with E-state index in [9.17, 15) is 4.79 Å². The summed E-state index contributed by atoms with van der Waals surface area (Å²) in [5, 5.41) is 0. The van der Waals surface area contributed by atoms with E-state index in [2.05, 4.69) is 15.9 Å². The minimum Gasteiger partial charge on any atom is -0.495 e. The zero-order valence-corrected chi connectivity index (χ0v) is 10.00. The largest absolute Gasteiger partial charge is 0.495 e. The van der Waals surface area contributed by atoms with Crippen LogP contribution in [0.3, 0.4) is 0 Å². The highest BCUT2D eigenvalue weighted by molar-refractivity contribution is 9.10. The first kappa shape index (κ1) is 10.3. The van der Waals surface area contributed by atoms with Crippen LogP contribution in [-0.2, 0) is 11.3 Å². The van der Waals surface area contributed by atoms with Gasteiger partial charge in [-0.15, -0.1) is 0 Å². The first-order chi connectivity index (χ1) is 7.13. The fourth-order valence-electron chi connectivity index (χ4n) is 1.50. The van der Waals surface area contributed by atoms with Gasteiger partial charge < -0.3 is 9.47 Å². The summed E-state index contributed by atoms with van der Waals surface area (Å²) in [7, 11) is 3.27. The summed E-state index contributed by atoms with van der Waals surface area (Å²) in [6.07, 6.45) is -0.341. The average Bonchev–Trinajstić information content (AvgIpc) is 2.23. The van der Waals surface area contributed by atoms with Crippen LogP contribution >= 0.6 is 15.9 Å². The number of amides is 1. The van der Waals surface area contributed by atoms with Gasteiger partial charge in [-0.1, -0.05) is 0 Å². The maximum atomic E-state index is 11.3. The van der Waals surface area contributed by atoms with E-state index in [1.54, 1.807) is 14.2 Å². The van der Waals surface area contributed by atoms with Crippen LogP contribution in [0, 0.1) is 0 Å². The number of hydrogen-bond donors (Lipinski definition) is 0. The van der Waals surface area contributed by atoms with Crippen molar-refractivity contribution in [3.8, 4) is 5.75 Å². The maximum absolute atomic E-state index is 11.3. The number of nitrogens with zero attached hydrogens (tertiary/aromatic N) is 1. The molecule has 0 atom stereocenters. The van der Waals surface area contributed by atoms with Crippen LogP contribution in [0.15, 0.2) is 16.6 Å². The smallest absolute Gasteiger partial charge is 0.414 e. The predicted octanol–water partition coefficient (Wildman–Crippen LogP) is 2.54. The fraction of sp³-hybridized carbons (Fsp3) is 0.300. The van der Waals surface area contributed by atoms with E-state index in [4.69, 9.17) is 9.47 Å². The summed E-state index contributed by atoms with van der Waals surface area (Å²) < 4.78 is 11.0. The van der Waals surface area contributed by atoms with E-state index < -0.39 is 0 Å². The van der Waals surface area contributed by atoms with Gasteiger partial charge in [0.05, 0.1) is 17.3 Å². The molecule has 0 aromatic heterocycles. The van der Waals surface area contributed by atoms with Crippen molar-refractivity contribution in [3.05, 3.63) is 22.2 Å². The van der Waals surface area contributed by atoms with E-state index >= 15 is 0 Å². The van der Waals surface area contributed by atoms with Crippen LogP contribution in [0.5, 0.6) is 5.75 Å². The molecule has 1 aliphatic rings. The SMILES string of the molecule is COc1cc2c(cc1Br)COC(=O)N2C. The molecule has 0 aliphatic carbocycles. The molecule has 0 saturated heterocycles. The molecule has 80 valence electrons. The van der Waals surface area contributed by atoms with Crippen LogP contribution in [0.2, 0.25) is 0 Å². The lowest BCUT2D eigenvalue weighted by molar-refractivity contribution is 0.143. The lowest BCUT2D eigenvalue weighted by Gasteiger charge is -2.26. The Morgan fingerprint density at radius 1 is 1.53 bits per heavy atom. The Kier molecular flexibility index (Phi) is 2.56. The van der Waals surface area contributed by atoms with E-state index in [1.165, 1.54) is 4.90 Å². The number of methoxy groups -OCH3 is 1. The Balaban J connectivity index is 2.53.